The van der Waals surface area contributed by atoms with Gasteiger partial charge >= 0.3 is 11.8 Å². The summed E-state index contributed by atoms with van der Waals surface area (Å²) in [4.78, 5) is 0. The zero-order valence-electron chi connectivity index (χ0n) is 14.5. The van der Waals surface area contributed by atoms with E-state index in [-0.39, 0.29) is 0 Å². The molecule has 0 aromatic carbocycles. The van der Waals surface area contributed by atoms with E-state index in [1.807, 2.05) is 57.9 Å². The van der Waals surface area contributed by atoms with Crippen LogP contribution in [0, 0.1) is 27.7 Å². The Morgan fingerprint density at radius 2 is 1.33 bits per heavy atom. The van der Waals surface area contributed by atoms with Crippen LogP contribution in [0.5, 0.6) is 5.88 Å². The van der Waals surface area contributed by atoms with Crippen LogP contribution in [0.3, 0.4) is 0 Å². The molecular formula is C17H28N2O2+2. The molecule has 1 aliphatic rings. The van der Waals surface area contributed by atoms with Crippen LogP contribution in [-0.2, 0) is 7.05 Å². The molecule has 0 amide bonds. The monoisotopic (exact) mass is 292 g/mol. The van der Waals surface area contributed by atoms with Crippen LogP contribution in [0.4, 0.5) is 0 Å². The second-order valence-corrected chi connectivity index (χ2v) is 5.86. The van der Waals surface area contributed by atoms with Crippen molar-refractivity contribution in [1.82, 2.24) is 0 Å². The van der Waals surface area contributed by atoms with Gasteiger partial charge in [-0.05, 0) is 33.3 Å². The lowest BCUT2D eigenvalue weighted by Crippen LogP contribution is -2.34. The van der Waals surface area contributed by atoms with Gasteiger partial charge in [-0.2, -0.15) is 9.14 Å². The number of nitrogens with zero attached hydrogens (tertiary/aromatic N) is 2. The SMILES string of the molecule is CC1=C(C)[N+](C)=C(O)C1.Cc1c(C)c(C)[n+](C)c(O)c1C. The molecule has 0 aliphatic carbocycles. The van der Waals surface area contributed by atoms with E-state index in [0.717, 1.165) is 17.7 Å². The maximum atomic E-state index is 9.66. The zero-order chi connectivity index (χ0) is 16.5. The molecule has 0 spiro atoms. The fourth-order valence-corrected chi connectivity index (χ4v) is 2.35. The highest BCUT2D eigenvalue weighted by Gasteiger charge is 2.22. The first-order chi connectivity index (χ1) is 9.59. The molecule has 4 heteroatoms. The molecule has 2 N–H and O–H groups in total. The van der Waals surface area contributed by atoms with Crippen molar-refractivity contribution in [1.29, 1.82) is 0 Å². The van der Waals surface area contributed by atoms with Crippen LogP contribution < -0.4 is 4.57 Å². The van der Waals surface area contributed by atoms with Crippen LogP contribution in [0.25, 0.3) is 0 Å². The van der Waals surface area contributed by atoms with Crippen molar-refractivity contribution >= 4 is 5.90 Å². The van der Waals surface area contributed by atoms with Crippen molar-refractivity contribution in [3.63, 3.8) is 0 Å². The molecule has 116 valence electrons. The first-order valence-corrected chi connectivity index (χ1v) is 7.19. The molecule has 0 radical (unpaired) electrons. The lowest BCUT2D eigenvalue weighted by molar-refractivity contribution is -0.684. The molecule has 1 aromatic heterocycles. The predicted molar refractivity (Wildman–Crippen MR) is 85.0 cm³/mol. The molecule has 0 fully saturated rings. The first kappa shape index (κ1) is 17.2. The standard InChI is InChI=1S/C10H15NO.C7H11NO/c1-6-7(2)9(4)11(5)10(12)8(6)3;1-5-4-7(9)8(3)6(5)2/h1-5H3;4H2,1-3H3/p+2. The molecule has 0 bridgehead atoms. The lowest BCUT2D eigenvalue weighted by Gasteiger charge is -2.07. The normalized spacial score (nSPS) is 14.5. The Morgan fingerprint density at radius 3 is 1.67 bits per heavy atom. The minimum absolute atomic E-state index is 0.371. The van der Waals surface area contributed by atoms with Gasteiger partial charge in [0.25, 0.3) is 0 Å². The molecule has 2 heterocycles. The largest absolute Gasteiger partial charge is 0.463 e. The number of pyridine rings is 1. The smallest absolute Gasteiger partial charge is 0.368 e. The van der Waals surface area contributed by atoms with Crippen molar-refractivity contribution in [3.05, 3.63) is 33.7 Å². The van der Waals surface area contributed by atoms with Gasteiger partial charge in [-0.25, -0.2) is 0 Å². The summed E-state index contributed by atoms with van der Waals surface area (Å²) in [6.45, 7) is 12.1. The molecule has 1 aromatic rings. The molecule has 4 nitrogen and oxygen atoms in total. The van der Waals surface area contributed by atoms with Gasteiger partial charge in [0.05, 0.1) is 12.0 Å². The Kier molecular flexibility index (Phi) is 5.15. The number of aromatic hydroxyl groups is 1. The van der Waals surface area contributed by atoms with E-state index in [4.69, 9.17) is 5.11 Å². The quantitative estimate of drug-likeness (QED) is 0.722. The Morgan fingerprint density at radius 1 is 0.810 bits per heavy atom. The fraction of sp³-hybridized carbons (Fsp3) is 0.529. The van der Waals surface area contributed by atoms with Crippen LogP contribution in [0.15, 0.2) is 11.3 Å². The number of aliphatic hydroxyl groups is 1. The second-order valence-electron chi connectivity index (χ2n) is 5.86. The Hall–Kier alpha value is -1.84. The number of aromatic nitrogens is 1. The summed E-state index contributed by atoms with van der Waals surface area (Å²) in [5, 5.41) is 18.8. The minimum Gasteiger partial charge on any atom is -0.463 e. The van der Waals surface area contributed by atoms with E-state index in [1.165, 1.54) is 22.4 Å². The Balaban J connectivity index is 0.000000219. The summed E-state index contributed by atoms with van der Waals surface area (Å²) in [5.74, 6) is 0.834. The number of hydrogen-bond acceptors (Lipinski definition) is 1. The molecule has 21 heavy (non-hydrogen) atoms. The maximum absolute atomic E-state index is 9.66. The Bertz CT molecular complexity index is 514. The molecule has 0 saturated carbocycles. The molecular weight excluding hydrogens is 264 g/mol. The molecule has 0 unspecified atom stereocenters. The van der Waals surface area contributed by atoms with E-state index in [9.17, 15) is 5.11 Å². The highest BCUT2D eigenvalue weighted by atomic mass is 16.3. The van der Waals surface area contributed by atoms with Gasteiger partial charge in [0.1, 0.15) is 14.1 Å². The third-order valence-electron chi connectivity index (χ3n) is 4.76. The number of hydrogen-bond donors (Lipinski definition) is 2. The topological polar surface area (TPSA) is 47.4 Å². The van der Waals surface area contributed by atoms with Crippen LogP contribution in [-0.4, -0.2) is 27.7 Å². The highest BCUT2D eigenvalue weighted by Crippen LogP contribution is 2.20. The van der Waals surface area contributed by atoms with Crippen molar-refractivity contribution in [3.8, 4) is 5.88 Å². The summed E-state index contributed by atoms with van der Waals surface area (Å²) in [6.07, 6.45) is 0.725. The van der Waals surface area contributed by atoms with Crippen LogP contribution in [0.1, 0.15) is 42.7 Å². The summed E-state index contributed by atoms with van der Waals surface area (Å²) < 4.78 is 3.63. The van der Waals surface area contributed by atoms with E-state index in [1.54, 1.807) is 0 Å². The van der Waals surface area contributed by atoms with E-state index in [0.29, 0.717) is 11.8 Å². The van der Waals surface area contributed by atoms with E-state index in [2.05, 4.69) is 6.92 Å². The van der Waals surface area contributed by atoms with Gasteiger partial charge in [-0.1, -0.05) is 0 Å². The van der Waals surface area contributed by atoms with Gasteiger partial charge < -0.3 is 10.2 Å². The number of allylic oxidation sites excluding steroid dienone is 1. The summed E-state index contributed by atoms with van der Waals surface area (Å²) in [7, 11) is 3.76. The van der Waals surface area contributed by atoms with Crippen LogP contribution >= 0.6 is 0 Å². The third-order valence-corrected chi connectivity index (χ3v) is 4.76. The van der Waals surface area contributed by atoms with Crippen molar-refractivity contribution in [2.45, 2.75) is 48.0 Å². The molecule has 1 aliphatic heterocycles. The first-order valence-electron chi connectivity index (χ1n) is 7.19. The number of aliphatic hydroxyl groups excluding tert-OH is 1. The third kappa shape index (κ3) is 3.26. The van der Waals surface area contributed by atoms with Gasteiger partial charge in [0, 0.05) is 25.0 Å². The number of rotatable bonds is 0. The van der Waals surface area contributed by atoms with E-state index < -0.39 is 0 Å². The van der Waals surface area contributed by atoms with Crippen molar-refractivity contribution in [2.24, 2.45) is 7.05 Å². The molecule has 2 rings (SSSR count). The van der Waals surface area contributed by atoms with Gasteiger partial charge in [-0.15, -0.1) is 0 Å². The maximum Gasteiger partial charge on any atom is 0.368 e. The van der Waals surface area contributed by atoms with Crippen molar-refractivity contribution in [2.75, 3.05) is 7.05 Å². The van der Waals surface area contributed by atoms with Crippen molar-refractivity contribution < 1.29 is 19.4 Å². The summed E-state index contributed by atoms with van der Waals surface area (Å²) in [6, 6.07) is 0. The van der Waals surface area contributed by atoms with E-state index >= 15 is 0 Å². The summed E-state index contributed by atoms with van der Waals surface area (Å²) in [5.41, 5.74) is 6.97. The second kappa shape index (κ2) is 6.29. The van der Waals surface area contributed by atoms with Crippen LogP contribution in [0.2, 0.25) is 0 Å². The lowest BCUT2D eigenvalue weighted by atomic mass is 10.0. The Labute approximate surface area is 127 Å². The summed E-state index contributed by atoms with van der Waals surface area (Å²) >= 11 is 0. The highest BCUT2D eigenvalue weighted by molar-refractivity contribution is 5.73. The molecule has 0 saturated heterocycles. The van der Waals surface area contributed by atoms with Gasteiger partial charge in [0.15, 0.2) is 11.4 Å². The zero-order valence-corrected chi connectivity index (χ0v) is 14.5. The molecule has 0 atom stereocenters. The predicted octanol–water partition coefficient (Wildman–Crippen LogP) is 2.73. The average Bonchev–Trinajstić information content (AvgIpc) is 2.68. The van der Waals surface area contributed by atoms with Gasteiger partial charge in [0.2, 0.25) is 0 Å². The van der Waals surface area contributed by atoms with Gasteiger partial charge in [-0.3, -0.25) is 0 Å². The fourth-order valence-electron chi connectivity index (χ4n) is 2.35. The average molecular weight is 292 g/mol. The minimum atomic E-state index is 0.371.